The van der Waals surface area contributed by atoms with E-state index in [1.165, 1.54) is 38.5 Å². The number of hydrogen-bond donors (Lipinski definition) is 1. The highest BCUT2D eigenvalue weighted by molar-refractivity contribution is 8.01. The van der Waals surface area contributed by atoms with E-state index in [1.807, 2.05) is 30.8 Å². The monoisotopic (exact) mass is 314 g/mol. The second-order valence-electron chi connectivity index (χ2n) is 5.56. The molecule has 6 heteroatoms. The van der Waals surface area contributed by atoms with Crippen molar-refractivity contribution in [1.29, 1.82) is 0 Å². The van der Waals surface area contributed by atoms with Crippen LogP contribution in [0, 0.1) is 0 Å². The third-order valence-electron chi connectivity index (χ3n) is 3.70. The predicted molar refractivity (Wildman–Crippen MR) is 89.0 cm³/mol. The maximum atomic E-state index is 4.34. The van der Waals surface area contributed by atoms with Crippen molar-refractivity contribution < 1.29 is 0 Å². The Hall–Kier alpha value is -0.330. The molecule has 1 N–H and O–H groups in total. The molecule has 0 amide bonds. The number of hydrogen-bond acceptors (Lipinski definition) is 6. The molecule has 1 aromatic rings. The molecule has 0 aromatic carbocycles. The van der Waals surface area contributed by atoms with Crippen molar-refractivity contribution in [2.24, 2.45) is 0 Å². The van der Waals surface area contributed by atoms with E-state index in [0.29, 0.717) is 11.3 Å². The van der Waals surface area contributed by atoms with Gasteiger partial charge in [0.2, 0.25) is 5.13 Å². The van der Waals surface area contributed by atoms with Crippen molar-refractivity contribution in [1.82, 2.24) is 15.5 Å². The fourth-order valence-electron chi connectivity index (χ4n) is 2.65. The molecule has 1 aliphatic carbocycles. The third kappa shape index (κ3) is 4.60. The van der Waals surface area contributed by atoms with Gasteiger partial charge in [0.1, 0.15) is 0 Å². The zero-order valence-electron chi connectivity index (χ0n) is 12.8. The van der Waals surface area contributed by atoms with Crippen molar-refractivity contribution in [3.63, 3.8) is 0 Å². The first kappa shape index (κ1) is 16.0. The Balaban J connectivity index is 2.01. The van der Waals surface area contributed by atoms with Crippen molar-refractivity contribution in [3.8, 4) is 0 Å². The summed E-state index contributed by atoms with van der Waals surface area (Å²) in [7, 11) is 4.04. The van der Waals surface area contributed by atoms with E-state index in [-0.39, 0.29) is 0 Å². The van der Waals surface area contributed by atoms with Gasteiger partial charge >= 0.3 is 0 Å². The molecule has 1 fully saturated rings. The van der Waals surface area contributed by atoms with Crippen molar-refractivity contribution >= 4 is 28.2 Å². The lowest BCUT2D eigenvalue weighted by Gasteiger charge is -2.28. The van der Waals surface area contributed by atoms with Gasteiger partial charge in [0, 0.05) is 25.4 Å². The van der Waals surface area contributed by atoms with Gasteiger partial charge in [-0.1, -0.05) is 55.7 Å². The summed E-state index contributed by atoms with van der Waals surface area (Å²) in [4.78, 5) is 2.03. The van der Waals surface area contributed by atoms with Gasteiger partial charge < -0.3 is 10.2 Å². The van der Waals surface area contributed by atoms with Crippen LogP contribution in [-0.4, -0.2) is 42.1 Å². The smallest absolute Gasteiger partial charge is 0.208 e. The molecule has 1 aromatic heterocycles. The Kier molecular flexibility index (Phi) is 6.58. The number of aromatic nitrogens is 2. The second-order valence-corrected chi connectivity index (χ2v) is 8.00. The van der Waals surface area contributed by atoms with Gasteiger partial charge in [0.15, 0.2) is 4.34 Å². The first-order valence-corrected chi connectivity index (χ1v) is 9.31. The lowest BCUT2D eigenvalue weighted by atomic mass is 9.96. The van der Waals surface area contributed by atoms with E-state index in [1.54, 1.807) is 11.3 Å². The summed E-state index contributed by atoms with van der Waals surface area (Å²) in [6.07, 6.45) is 8.06. The van der Waals surface area contributed by atoms with E-state index in [2.05, 4.69) is 22.4 Å². The fraction of sp³-hybridized carbons (Fsp3) is 0.857. The summed E-state index contributed by atoms with van der Waals surface area (Å²) >= 11 is 3.63. The first-order valence-electron chi connectivity index (χ1n) is 7.61. The summed E-state index contributed by atoms with van der Waals surface area (Å²) in [5.74, 6) is 0. The molecule has 2 unspecified atom stereocenters. The molecule has 2 atom stereocenters. The van der Waals surface area contributed by atoms with Crippen LogP contribution < -0.4 is 10.2 Å². The summed E-state index contributed by atoms with van der Waals surface area (Å²) in [6.45, 7) is 3.26. The number of nitrogens with zero attached hydrogens (tertiary/aromatic N) is 3. The Bertz CT molecular complexity index is 394. The lowest BCUT2D eigenvalue weighted by molar-refractivity contribution is 0.406. The molecule has 1 saturated carbocycles. The molecule has 0 bridgehead atoms. The zero-order valence-corrected chi connectivity index (χ0v) is 14.4. The molecule has 0 saturated heterocycles. The summed E-state index contributed by atoms with van der Waals surface area (Å²) < 4.78 is 1.11. The molecule has 4 nitrogen and oxygen atoms in total. The Morgan fingerprint density at radius 3 is 2.60 bits per heavy atom. The predicted octanol–water partition coefficient (Wildman–Crippen LogP) is 3.40. The van der Waals surface area contributed by atoms with E-state index in [0.717, 1.165) is 16.0 Å². The van der Waals surface area contributed by atoms with Gasteiger partial charge in [0.25, 0.3) is 0 Å². The van der Waals surface area contributed by atoms with Crippen LogP contribution in [0.2, 0.25) is 0 Å². The van der Waals surface area contributed by atoms with Gasteiger partial charge in [0.05, 0.1) is 0 Å². The van der Waals surface area contributed by atoms with Gasteiger partial charge in [-0.15, -0.1) is 10.2 Å². The average molecular weight is 315 g/mol. The first-order chi connectivity index (χ1) is 9.70. The zero-order chi connectivity index (χ0) is 14.4. The minimum Gasteiger partial charge on any atom is -0.353 e. The van der Waals surface area contributed by atoms with E-state index < -0.39 is 0 Å². The number of anilines is 1. The molecule has 2 rings (SSSR count). The van der Waals surface area contributed by atoms with E-state index >= 15 is 0 Å². The number of rotatable bonds is 5. The van der Waals surface area contributed by atoms with Crippen molar-refractivity contribution in [3.05, 3.63) is 0 Å². The molecule has 1 aliphatic rings. The molecule has 20 heavy (non-hydrogen) atoms. The van der Waals surface area contributed by atoms with Gasteiger partial charge in [-0.3, -0.25) is 0 Å². The molecule has 0 aliphatic heterocycles. The quantitative estimate of drug-likeness (QED) is 0.902. The minimum absolute atomic E-state index is 0.622. The van der Waals surface area contributed by atoms with Crippen LogP contribution in [0.25, 0.3) is 0 Å². The van der Waals surface area contributed by atoms with Crippen molar-refractivity contribution in [2.45, 2.75) is 61.1 Å². The molecule has 114 valence electrons. The highest BCUT2D eigenvalue weighted by Gasteiger charge is 2.24. The highest BCUT2D eigenvalue weighted by Crippen LogP contribution is 2.35. The maximum absolute atomic E-state index is 4.34. The average Bonchev–Trinajstić information content (AvgIpc) is 2.86. The summed E-state index contributed by atoms with van der Waals surface area (Å²) in [5.41, 5.74) is 0. The SMILES string of the molecule is CCNC1CCCCCCC1Sc1nnc(N(C)C)s1. The van der Waals surface area contributed by atoms with Crippen LogP contribution in [-0.2, 0) is 0 Å². The standard InChI is InChI=1S/C14H26N4S2/c1-4-15-11-9-7-5-6-8-10-12(11)19-14-17-16-13(20-14)18(2)3/h11-12,15H,4-10H2,1-3H3. The topological polar surface area (TPSA) is 41.1 Å². The Labute approximate surface area is 130 Å². The van der Waals surface area contributed by atoms with Crippen LogP contribution in [0.4, 0.5) is 5.13 Å². The Morgan fingerprint density at radius 1 is 1.20 bits per heavy atom. The lowest BCUT2D eigenvalue weighted by Crippen LogP contribution is -2.38. The van der Waals surface area contributed by atoms with Crippen LogP contribution >= 0.6 is 23.1 Å². The summed E-state index contributed by atoms with van der Waals surface area (Å²) in [6, 6.07) is 0.622. The normalized spacial score (nSPS) is 24.1. The molecule has 0 spiro atoms. The maximum Gasteiger partial charge on any atom is 0.208 e. The summed E-state index contributed by atoms with van der Waals surface area (Å²) in [5, 5.41) is 13.9. The van der Waals surface area contributed by atoms with Crippen molar-refractivity contribution in [2.75, 3.05) is 25.5 Å². The number of thioether (sulfide) groups is 1. The van der Waals surface area contributed by atoms with E-state index in [4.69, 9.17) is 0 Å². The highest BCUT2D eigenvalue weighted by atomic mass is 32.2. The van der Waals surface area contributed by atoms with Gasteiger partial charge in [-0.05, 0) is 19.4 Å². The Morgan fingerprint density at radius 2 is 1.95 bits per heavy atom. The van der Waals surface area contributed by atoms with Gasteiger partial charge in [-0.2, -0.15) is 0 Å². The second kappa shape index (κ2) is 8.20. The molecule has 0 radical (unpaired) electrons. The van der Waals surface area contributed by atoms with Gasteiger partial charge in [-0.25, -0.2) is 0 Å². The van der Waals surface area contributed by atoms with Crippen LogP contribution in [0.1, 0.15) is 45.4 Å². The minimum atomic E-state index is 0.622. The van der Waals surface area contributed by atoms with E-state index in [9.17, 15) is 0 Å². The molecule has 1 heterocycles. The molecular weight excluding hydrogens is 288 g/mol. The fourth-order valence-corrected chi connectivity index (χ4v) is 4.96. The molecular formula is C14H26N4S2. The largest absolute Gasteiger partial charge is 0.353 e. The number of nitrogens with one attached hydrogen (secondary N) is 1. The van der Waals surface area contributed by atoms with Crippen LogP contribution in [0.5, 0.6) is 0 Å². The van der Waals surface area contributed by atoms with Crippen LogP contribution in [0.3, 0.4) is 0 Å². The van der Waals surface area contributed by atoms with Crippen LogP contribution in [0.15, 0.2) is 4.34 Å². The third-order valence-corrected chi connectivity index (χ3v) is 6.27.